The molecule has 0 fully saturated rings. The van der Waals surface area contributed by atoms with E-state index in [1.165, 1.54) is 11.1 Å². The van der Waals surface area contributed by atoms with Crippen molar-refractivity contribution in [1.82, 2.24) is 5.32 Å². The molecule has 0 aromatic heterocycles. The van der Waals surface area contributed by atoms with E-state index in [2.05, 4.69) is 57.6 Å². The van der Waals surface area contributed by atoms with Crippen molar-refractivity contribution in [3.63, 3.8) is 0 Å². The number of rotatable bonds is 6. The van der Waals surface area contributed by atoms with Gasteiger partial charge in [0.05, 0.1) is 7.11 Å². The largest absolute Gasteiger partial charge is 0.496 e. The lowest BCUT2D eigenvalue weighted by molar-refractivity contribution is 0.407. The zero-order chi connectivity index (χ0) is 14.4. The molecule has 2 aromatic rings. The summed E-state index contributed by atoms with van der Waals surface area (Å²) in [5.74, 6) is 1.40. The molecule has 1 unspecified atom stereocenters. The Morgan fingerprint density at radius 3 is 2.45 bits per heavy atom. The second-order valence-corrected chi connectivity index (χ2v) is 5.74. The van der Waals surface area contributed by atoms with Crippen LogP contribution in [0.25, 0.3) is 0 Å². The highest BCUT2D eigenvalue weighted by molar-refractivity contribution is 9.10. The highest BCUT2D eigenvalue weighted by Gasteiger charge is 2.14. The number of hydrogen-bond donors (Lipinski definition) is 1. The second-order valence-electron chi connectivity index (χ2n) is 4.82. The average molecular weight is 334 g/mol. The fourth-order valence-electron chi connectivity index (χ4n) is 2.43. The Balaban J connectivity index is 2.23. The first-order chi connectivity index (χ1) is 9.74. The van der Waals surface area contributed by atoms with Crippen molar-refractivity contribution in [1.29, 1.82) is 0 Å². The van der Waals surface area contributed by atoms with Crippen LogP contribution in [0.2, 0.25) is 0 Å². The predicted molar refractivity (Wildman–Crippen MR) is 87.5 cm³/mol. The van der Waals surface area contributed by atoms with Gasteiger partial charge in [0.1, 0.15) is 5.75 Å². The molecule has 1 N–H and O–H groups in total. The van der Waals surface area contributed by atoms with Crippen molar-refractivity contribution in [3.05, 3.63) is 64.1 Å². The van der Waals surface area contributed by atoms with E-state index in [0.717, 1.165) is 23.2 Å². The van der Waals surface area contributed by atoms with Gasteiger partial charge in [0.2, 0.25) is 0 Å². The van der Waals surface area contributed by atoms with E-state index in [4.69, 9.17) is 4.74 Å². The van der Waals surface area contributed by atoms with Crippen LogP contribution < -0.4 is 10.1 Å². The molecule has 1 atom stereocenters. The first kappa shape index (κ1) is 15.1. The molecule has 20 heavy (non-hydrogen) atoms. The summed E-state index contributed by atoms with van der Waals surface area (Å²) in [4.78, 5) is 0. The SMILES string of the molecule is CNCC(Cc1ccccc1OC)c1ccc(Br)cc1. The summed E-state index contributed by atoms with van der Waals surface area (Å²) in [6.45, 7) is 0.944. The van der Waals surface area contributed by atoms with Gasteiger partial charge < -0.3 is 10.1 Å². The molecule has 0 bridgehead atoms. The molecule has 0 radical (unpaired) electrons. The van der Waals surface area contributed by atoms with Gasteiger partial charge in [-0.3, -0.25) is 0 Å². The van der Waals surface area contributed by atoms with E-state index in [1.807, 2.05) is 19.2 Å². The van der Waals surface area contributed by atoms with Crippen molar-refractivity contribution >= 4 is 15.9 Å². The standard InChI is InChI=1S/C17H20BrNO/c1-19-12-15(13-7-9-16(18)10-8-13)11-14-5-3-4-6-17(14)20-2/h3-10,15,19H,11-12H2,1-2H3. The fraction of sp³-hybridized carbons (Fsp3) is 0.294. The monoisotopic (exact) mass is 333 g/mol. The molecule has 0 aliphatic rings. The number of methoxy groups -OCH3 is 1. The molecular formula is C17H20BrNO. The van der Waals surface area contributed by atoms with E-state index < -0.39 is 0 Å². The van der Waals surface area contributed by atoms with Crippen molar-refractivity contribution in [2.45, 2.75) is 12.3 Å². The van der Waals surface area contributed by atoms with Crippen molar-refractivity contribution in [2.75, 3.05) is 20.7 Å². The number of nitrogens with one attached hydrogen (secondary N) is 1. The van der Waals surface area contributed by atoms with Gasteiger partial charge >= 0.3 is 0 Å². The molecule has 2 rings (SSSR count). The summed E-state index contributed by atoms with van der Waals surface area (Å²) < 4.78 is 6.56. The predicted octanol–water partition coefficient (Wildman–Crippen LogP) is 4.00. The van der Waals surface area contributed by atoms with Gasteiger partial charge in [-0.15, -0.1) is 0 Å². The smallest absolute Gasteiger partial charge is 0.122 e. The third-order valence-electron chi connectivity index (χ3n) is 3.45. The van der Waals surface area contributed by atoms with Crippen LogP contribution in [0.5, 0.6) is 5.75 Å². The van der Waals surface area contributed by atoms with Crippen LogP contribution >= 0.6 is 15.9 Å². The van der Waals surface area contributed by atoms with Gasteiger partial charge in [0, 0.05) is 16.9 Å². The summed E-state index contributed by atoms with van der Waals surface area (Å²) in [5, 5.41) is 3.29. The molecule has 0 amide bonds. The zero-order valence-electron chi connectivity index (χ0n) is 11.9. The molecule has 2 aromatic carbocycles. The Bertz CT molecular complexity index is 539. The highest BCUT2D eigenvalue weighted by atomic mass is 79.9. The Labute approximate surface area is 129 Å². The number of hydrogen-bond acceptors (Lipinski definition) is 2. The van der Waals surface area contributed by atoms with Crippen LogP contribution in [0.15, 0.2) is 53.0 Å². The van der Waals surface area contributed by atoms with Crippen molar-refractivity contribution in [3.8, 4) is 5.75 Å². The maximum absolute atomic E-state index is 5.45. The molecule has 0 saturated carbocycles. The summed E-state index contributed by atoms with van der Waals surface area (Å²) in [6.07, 6.45) is 0.965. The molecule has 3 heteroatoms. The Morgan fingerprint density at radius 1 is 1.10 bits per heavy atom. The van der Waals surface area contributed by atoms with Gasteiger partial charge in [0.15, 0.2) is 0 Å². The maximum Gasteiger partial charge on any atom is 0.122 e. The van der Waals surface area contributed by atoms with Crippen LogP contribution in [0.1, 0.15) is 17.0 Å². The van der Waals surface area contributed by atoms with Crippen LogP contribution in [-0.2, 0) is 6.42 Å². The minimum Gasteiger partial charge on any atom is -0.496 e. The zero-order valence-corrected chi connectivity index (χ0v) is 13.5. The quantitative estimate of drug-likeness (QED) is 0.862. The first-order valence-corrected chi connectivity index (χ1v) is 7.56. The molecule has 2 nitrogen and oxygen atoms in total. The fourth-order valence-corrected chi connectivity index (χ4v) is 2.69. The Hall–Kier alpha value is -1.32. The minimum absolute atomic E-state index is 0.435. The molecule has 0 aliphatic carbocycles. The third-order valence-corrected chi connectivity index (χ3v) is 3.98. The van der Waals surface area contributed by atoms with E-state index in [-0.39, 0.29) is 0 Å². The lowest BCUT2D eigenvalue weighted by atomic mass is 9.91. The molecule has 0 heterocycles. The van der Waals surface area contributed by atoms with Gasteiger partial charge in [-0.1, -0.05) is 46.3 Å². The van der Waals surface area contributed by atoms with Gasteiger partial charge in [-0.25, -0.2) is 0 Å². The van der Waals surface area contributed by atoms with Gasteiger partial charge in [-0.05, 0) is 42.8 Å². The Morgan fingerprint density at radius 2 is 1.80 bits per heavy atom. The molecular weight excluding hydrogens is 314 g/mol. The summed E-state index contributed by atoms with van der Waals surface area (Å²) in [6, 6.07) is 16.8. The summed E-state index contributed by atoms with van der Waals surface area (Å²) in [7, 11) is 3.72. The van der Waals surface area contributed by atoms with E-state index in [9.17, 15) is 0 Å². The van der Waals surface area contributed by atoms with Crippen molar-refractivity contribution < 1.29 is 4.74 Å². The number of para-hydroxylation sites is 1. The number of benzene rings is 2. The topological polar surface area (TPSA) is 21.3 Å². The van der Waals surface area contributed by atoms with E-state index in [1.54, 1.807) is 7.11 Å². The maximum atomic E-state index is 5.45. The molecule has 0 spiro atoms. The van der Waals surface area contributed by atoms with Crippen LogP contribution in [0, 0.1) is 0 Å². The minimum atomic E-state index is 0.435. The number of likely N-dealkylation sites (N-methyl/N-ethyl adjacent to an activating group) is 1. The first-order valence-electron chi connectivity index (χ1n) is 6.76. The summed E-state index contributed by atoms with van der Waals surface area (Å²) in [5.41, 5.74) is 2.59. The molecule has 0 aliphatic heterocycles. The normalized spacial score (nSPS) is 12.2. The number of ether oxygens (including phenoxy) is 1. The average Bonchev–Trinajstić information content (AvgIpc) is 2.48. The van der Waals surface area contributed by atoms with Gasteiger partial charge in [-0.2, -0.15) is 0 Å². The summed E-state index contributed by atoms with van der Waals surface area (Å²) >= 11 is 3.49. The third kappa shape index (κ3) is 3.84. The Kier molecular flexibility index (Phi) is 5.62. The lowest BCUT2D eigenvalue weighted by Crippen LogP contribution is -2.19. The van der Waals surface area contributed by atoms with Crippen LogP contribution in [0.3, 0.4) is 0 Å². The lowest BCUT2D eigenvalue weighted by Gasteiger charge is -2.19. The van der Waals surface area contributed by atoms with Crippen molar-refractivity contribution in [2.24, 2.45) is 0 Å². The molecule has 0 saturated heterocycles. The highest BCUT2D eigenvalue weighted by Crippen LogP contribution is 2.27. The second kappa shape index (κ2) is 7.46. The molecule has 106 valence electrons. The van der Waals surface area contributed by atoms with Crippen LogP contribution in [-0.4, -0.2) is 20.7 Å². The number of halogens is 1. The van der Waals surface area contributed by atoms with E-state index >= 15 is 0 Å². The van der Waals surface area contributed by atoms with Gasteiger partial charge in [0.25, 0.3) is 0 Å². The van der Waals surface area contributed by atoms with E-state index in [0.29, 0.717) is 5.92 Å². The van der Waals surface area contributed by atoms with Crippen LogP contribution in [0.4, 0.5) is 0 Å².